The summed E-state index contributed by atoms with van der Waals surface area (Å²) in [4.78, 5) is 70.0. The molecule has 0 spiro atoms. The fourth-order valence-corrected chi connectivity index (χ4v) is 2.82. The van der Waals surface area contributed by atoms with Crippen molar-refractivity contribution in [3.8, 4) is 0 Å². The van der Waals surface area contributed by atoms with Gasteiger partial charge in [-0.3, -0.25) is 24.0 Å². The van der Waals surface area contributed by atoms with Crippen LogP contribution < -0.4 is 27.4 Å². The number of nitrogens with one attached hydrogen (secondary N) is 3. The van der Waals surface area contributed by atoms with Crippen molar-refractivity contribution in [2.75, 3.05) is 12.3 Å². The molecule has 33 heavy (non-hydrogen) atoms. The van der Waals surface area contributed by atoms with Crippen molar-refractivity contribution < 1.29 is 44.1 Å². The highest BCUT2D eigenvalue weighted by Crippen LogP contribution is 2.05. The molecular weight excluding hydrogens is 462 g/mol. The van der Waals surface area contributed by atoms with Crippen LogP contribution >= 0.6 is 12.6 Å². The van der Waals surface area contributed by atoms with Crippen molar-refractivity contribution >= 4 is 48.3 Å². The van der Waals surface area contributed by atoms with Gasteiger partial charge in [-0.2, -0.15) is 12.6 Å². The minimum atomic E-state index is -1.71. The average molecular weight is 494 g/mol. The van der Waals surface area contributed by atoms with Crippen LogP contribution in [0.4, 0.5) is 0 Å². The summed E-state index contributed by atoms with van der Waals surface area (Å²) in [5.74, 6) is -6.86. The number of aliphatic carboxylic acids is 3. The van der Waals surface area contributed by atoms with Crippen molar-refractivity contribution in [1.82, 2.24) is 16.0 Å². The maximum absolute atomic E-state index is 12.6. The molecule has 3 amide bonds. The lowest BCUT2D eigenvalue weighted by Gasteiger charge is -2.24. The molecule has 0 radical (unpaired) electrons. The summed E-state index contributed by atoms with van der Waals surface area (Å²) in [5.41, 5.74) is 11.0. The van der Waals surface area contributed by atoms with Crippen LogP contribution in [0.1, 0.15) is 38.5 Å². The van der Waals surface area contributed by atoms with Crippen LogP contribution in [0.15, 0.2) is 0 Å². The number of thiol groups is 1. The Balaban J connectivity index is 5.26. The highest BCUT2D eigenvalue weighted by atomic mass is 32.1. The summed E-state index contributed by atoms with van der Waals surface area (Å²) in [6.07, 6.45) is -0.414. The van der Waals surface area contributed by atoms with Crippen LogP contribution in [-0.4, -0.2) is 87.4 Å². The first-order valence-electron chi connectivity index (χ1n) is 10.1. The predicted molar refractivity (Wildman–Crippen MR) is 117 cm³/mol. The normalized spacial score (nSPS) is 14.3. The Morgan fingerprint density at radius 3 is 1.79 bits per heavy atom. The highest BCUT2D eigenvalue weighted by molar-refractivity contribution is 7.80. The number of amides is 3. The van der Waals surface area contributed by atoms with E-state index in [2.05, 4.69) is 28.6 Å². The largest absolute Gasteiger partial charge is 0.481 e. The SMILES string of the molecule is NCCCCC(NC(=O)C(CS)NC(=O)C(N)CCC(=O)O)C(=O)NC(CC(=O)O)C(=O)O. The molecule has 0 rings (SSSR count). The Morgan fingerprint density at radius 2 is 1.30 bits per heavy atom. The predicted octanol–water partition coefficient (Wildman–Crippen LogP) is -2.75. The summed E-state index contributed by atoms with van der Waals surface area (Å²) < 4.78 is 0. The van der Waals surface area contributed by atoms with E-state index in [0.717, 1.165) is 0 Å². The van der Waals surface area contributed by atoms with E-state index in [-0.39, 0.29) is 25.0 Å². The van der Waals surface area contributed by atoms with Crippen molar-refractivity contribution in [3.05, 3.63) is 0 Å². The van der Waals surface area contributed by atoms with Gasteiger partial charge in [-0.15, -0.1) is 0 Å². The molecule has 0 saturated heterocycles. The number of rotatable bonds is 17. The first-order chi connectivity index (χ1) is 15.4. The maximum atomic E-state index is 12.6. The number of carboxylic acid groups (broad SMARTS) is 3. The molecule has 0 aromatic heterocycles. The van der Waals surface area contributed by atoms with Gasteiger partial charge in [0.1, 0.15) is 18.1 Å². The fraction of sp³-hybridized carbons (Fsp3) is 0.667. The second-order valence-corrected chi connectivity index (χ2v) is 7.49. The van der Waals surface area contributed by atoms with Gasteiger partial charge in [-0.25, -0.2) is 4.79 Å². The molecule has 0 fully saturated rings. The molecule has 4 unspecified atom stereocenters. The summed E-state index contributed by atoms with van der Waals surface area (Å²) in [5, 5.41) is 33.4. The number of nitrogens with two attached hydrogens (primary N) is 2. The lowest BCUT2D eigenvalue weighted by atomic mass is 10.1. The second-order valence-electron chi connectivity index (χ2n) is 7.13. The van der Waals surface area contributed by atoms with E-state index in [1.165, 1.54) is 0 Å². The molecular formula is C18H31N5O9S. The first-order valence-corrected chi connectivity index (χ1v) is 10.7. The number of carboxylic acids is 3. The van der Waals surface area contributed by atoms with Gasteiger partial charge in [0.05, 0.1) is 12.5 Å². The molecule has 0 heterocycles. The molecule has 0 saturated carbocycles. The summed E-state index contributed by atoms with van der Waals surface area (Å²) in [6, 6.07) is -5.36. The van der Waals surface area contributed by atoms with E-state index in [1.54, 1.807) is 0 Å². The van der Waals surface area contributed by atoms with E-state index in [9.17, 15) is 28.8 Å². The molecule has 15 heteroatoms. The smallest absolute Gasteiger partial charge is 0.326 e. The van der Waals surface area contributed by atoms with Gasteiger partial charge in [0.15, 0.2) is 0 Å². The Kier molecular flexibility index (Phi) is 14.4. The highest BCUT2D eigenvalue weighted by Gasteiger charge is 2.30. The van der Waals surface area contributed by atoms with Crippen LogP contribution in [0.3, 0.4) is 0 Å². The zero-order chi connectivity index (χ0) is 25.6. The van der Waals surface area contributed by atoms with Crippen LogP contribution in [0.25, 0.3) is 0 Å². The molecule has 0 aliphatic carbocycles. The van der Waals surface area contributed by atoms with Crippen molar-refractivity contribution in [1.29, 1.82) is 0 Å². The summed E-state index contributed by atoms with van der Waals surface area (Å²) >= 11 is 3.99. The number of carbonyl (C=O) groups is 6. The molecule has 0 aliphatic rings. The van der Waals surface area contributed by atoms with Crippen molar-refractivity contribution in [2.24, 2.45) is 11.5 Å². The average Bonchev–Trinajstić information content (AvgIpc) is 2.73. The Hall–Kier alpha value is -2.91. The third-order valence-electron chi connectivity index (χ3n) is 4.39. The molecule has 188 valence electrons. The van der Waals surface area contributed by atoms with Gasteiger partial charge in [0, 0.05) is 12.2 Å². The van der Waals surface area contributed by atoms with Crippen molar-refractivity contribution in [2.45, 2.75) is 62.7 Å². The molecule has 14 nitrogen and oxygen atoms in total. The van der Waals surface area contributed by atoms with E-state index in [0.29, 0.717) is 19.4 Å². The van der Waals surface area contributed by atoms with Gasteiger partial charge >= 0.3 is 17.9 Å². The minimum Gasteiger partial charge on any atom is -0.481 e. The van der Waals surface area contributed by atoms with Gasteiger partial charge in [-0.1, -0.05) is 0 Å². The first kappa shape index (κ1) is 30.1. The molecule has 0 aromatic rings. The Labute approximate surface area is 195 Å². The van der Waals surface area contributed by atoms with E-state index in [1.807, 2.05) is 0 Å². The van der Waals surface area contributed by atoms with Crippen molar-refractivity contribution in [3.63, 3.8) is 0 Å². The third kappa shape index (κ3) is 12.6. The Bertz CT molecular complexity index is 721. The van der Waals surface area contributed by atoms with Crippen LogP contribution in [0.2, 0.25) is 0 Å². The van der Waals surface area contributed by atoms with Crippen LogP contribution in [0.5, 0.6) is 0 Å². The number of hydrogen-bond donors (Lipinski definition) is 9. The lowest BCUT2D eigenvalue weighted by molar-refractivity contribution is -0.147. The van der Waals surface area contributed by atoms with Gasteiger partial charge < -0.3 is 42.7 Å². The van der Waals surface area contributed by atoms with Gasteiger partial charge in [-0.05, 0) is 32.2 Å². The Morgan fingerprint density at radius 1 is 0.758 bits per heavy atom. The minimum absolute atomic E-state index is 0.0690. The zero-order valence-corrected chi connectivity index (χ0v) is 18.8. The van der Waals surface area contributed by atoms with Gasteiger partial charge in [0.25, 0.3) is 0 Å². The third-order valence-corrected chi connectivity index (χ3v) is 4.76. The maximum Gasteiger partial charge on any atom is 0.326 e. The molecule has 0 bridgehead atoms. The van der Waals surface area contributed by atoms with Crippen LogP contribution in [0, 0.1) is 0 Å². The topological polar surface area (TPSA) is 251 Å². The van der Waals surface area contributed by atoms with Gasteiger partial charge in [0.2, 0.25) is 17.7 Å². The van der Waals surface area contributed by atoms with Crippen LogP contribution in [-0.2, 0) is 28.8 Å². The summed E-state index contributed by atoms with van der Waals surface area (Å²) in [7, 11) is 0. The second kappa shape index (κ2) is 15.8. The number of carbonyl (C=O) groups excluding carboxylic acids is 3. The molecule has 0 aliphatic heterocycles. The fourth-order valence-electron chi connectivity index (χ4n) is 2.56. The van der Waals surface area contributed by atoms with E-state index in [4.69, 9.17) is 26.8 Å². The number of unbranched alkanes of at least 4 members (excludes halogenated alkanes) is 1. The lowest BCUT2D eigenvalue weighted by Crippen LogP contribution is -2.57. The number of hydrogen-bond acceptors (Lipinski definition) is 9. The molecule has 10 N–H and O–H groups in total. The van der Waals surface area contributed by atoms with E-state index >= 15 is 0 Å². The molecule has 4 atom stereocenters. The standard InChI is InChI=1S/C18H31N5O9S/c19-6-2-1-3-10(16(29)22-11(18(31)32)7-14(26)27)21-17(30)12(8-33)23-15(28)9(20)4-5-13(24)25/h9-12,33H,1-8,19-20H2,(H,21,30)(H,22,29)(H,23,28)(H,24,25)(H,26,27)(H,31,32). The van der Waals surface area contributed by atoms with E-state index < -0.39 is 66.2 Å². The molecule has 0 aromatic carbocycles. The summed E-state index contributed by atoms with van der Waals surface area (Å²) in [6.45, 7) is 0.308. The monoisotopic (exact) mass is 493 g/mol. The quantitative estimate of drug-likeness (QED) is 0.0741. The zero-order valence-electron chi connectivity index (χ0n) is 17.9.